The molecule has 0 spiro atoms. The van der Waals surface area contributed by atoms with Gasteiger partial charge < -0.3 is 14.7 Å². The number of aliphatic hydroxyl groups excluding tert-OH is 1. The van der Waals surface area contributed by atoms with Gasteiger partial charge in [-0.05, 0) is 44.0 Å². The van der Waals surface area contributed by atoms with Crippen LogP contribution >= 0.6 is 0 Å². The highest BCUT2D eigenvalue weighted by atomic mass is 16.5. The Hall–Kier alpha value is -1.59. The van der Waals surface area contributed by atoms with Gasteiger partial charge in [0.1, 0.15) is 5.75 Å². The first-order valence-corrected chi connectivity index (χ1v) is 8.30. The number of benzene rings is 1. The zero-order valence-electron chi connectivity index (χ0n) is 14.4. The molecule has 2 unspecified atom stereocenters. The van der Waals surface area contributed by atoms with Crippen LogP contribution in [0.25, 0.3) is 0 Å². The third-order valence-corrected chi connectivity index (χ3v) is 4.54. The molecule has 23 heavy (non-hydrogen) atoms. The van der Waals surface area contributed by atoms with Crippen LogP contribution in [-0.2, 0) is 11.3 Å². The third-order valence-electron chi connectivity index (χ3n) is 4.54. The van der Waals surface area contributed by atoms with Crippen LogP contribution in [0, 0.1) is 0 Å². The van der Waals surface area contributed by atoms with Crippen LogP contribution in [0.1, 0.15) is 31.7 Å². The molecule has 128 valence electrons. The van der Waals surface area contributed by atoms with Gasteiger partial charge in [0.05, 0.1) is 19.8 Å². The lowest BCUT2D eigenvalue weighted by Crippen LogP contribution is -2.49. The van der Waals surface area contributed by atoms with Crippen molar-refractivity contribution in [1.82, 2.24) is 9.80 Å². The monoisotopic (exact) mass is 320 g/mol. The number of hydrogen-bond donors (Lipinski definition) is 1. The maximum Gasteiger partial charge on any atom is 0.236 e. The molecule has 1 aliphatic rings. The Morgan fingerprint density at radius 3 is 2.96 bits per heavy atom. The molecule has 0 radical (unpaired) electrons. The highest BCUT2D eigenvalue weighted by Gasteiger charge is 2.28. The first-order valence-electron chi connectivity index (χ1n) is 8.30. The first-order chi connectivity index (χ1) is 11.0. The fraction of sp³-hybridized carbons (Fsp3) is 0.611. The Morgan fingerprint density at radius 1 is 1.48 bits per heavy atom. The van der Waals surface area contributed by atoms with Gasteiger partial charge in [-0.2, -0.15) is 0 Å². The van der Waals surface area contributed by atoms with Crippen LogP contribution in [0.4, 0.5) is 0 Å². The average Bonchev–Trinajstić information content (AvgIpc) is 2.55. The van der Waals surface area contributed by atoms with E-state index in [1.54, 1.807) is 12.0 Å². The standard InChI is InChI=1S/C18H28N2O3/c1-14(21)17-9-4-5-10-20(17)13-18(22)19(2)12-15-7-6-8-16(11-15)23-3/h6-8,11,14,17,21H,4-5,9-10,12-13H2,1-3H3. The minimum absolute atomic E-state index is 0.0837. The summed E-state index contributed by atoms with van der Waals surface area (Å²) in [5, 5.41) is 9.91. The van der Waals surface area contributed by atoms with Crippen molar-refractivity contribution >= 4 is 5.91 Å². The number of likely N-dealkylation sites (N-methyl/N-ethyl adjacent to an activating group) is 1. The van der Waals surface area contributed by atoms with Gasteiger partial charge in [-0.25, -0.2) is 0 Å². The maximum absolute atomic E-state index is 12.5. The smallest absolute Gasteiger partial charge is 0.236 e. The molecule has 0 saturated carbocycles. The quantitative estimate of drug-likeness (QED) is 0.870. The third kappa shape index (κ3) is 4.94. The van der Waals surface area contributed by atoms with E-state index in [-0.39, 0.29) is 11.9 Å². The molecular weight excluding hydrogens is 292 g/mol. The van der Waals surface area contributed by atoms with E-state index in [0.717, 1.165) is 37.1 Å². The van der Waals surface area contributed by atoms with Crippen LogP contribution in [0.3, 0.4) is 0 Å². The lowest BCUT2D eigenvalue weighted by molar-refractivity contribution is -0.133. The summed E-state index contributed by atoms with van der Waals surface area (Å²) in [6, 6.07) is 7.86. The molecular formula is C18H28N2O3. The molecule has 2 rings (SSSR count). The Bertz CT molecular complexity index is 519. The molecule has 1 amide bonds. The van der Waals surface area contributed by atoms with Crippen LogP contribution in [0.2, 0.25) is 0 Å². The summed E-state index contributed by atoms with van der Waals surface area (Å²) in [6.07, 6.45) is 2.78. The van der Waals surface area contributed by atoms with Crippen LogP contribution in [-0.4, -0.2) is 60.2 Å². The Balaban J connectivity index is 1.93. The maximum atomic E-state index is 12.5. The predicted molar refractivity (Wildman–Crippen MR) is 90.4 cm³/mol. The van der Waals surface area contributed by atoms with Gasteiger partial charge in [0.25, 0.3) is 0 Å². The van der Waals surface area contributed by atoms with Crippen LogP contribution < -0.4 is 4.74 Å². The van der Waals surface area contributed by atoms with Crippen LogP contribution in [0.15, 0.2) is 24.3 Å². The van der Waals surface area contributed by atoms with Gasteiger partial charge in [0.2, 0.25) is 5.91 Å². The van der Waals surface area contributed by atoms with Gasteiger partial charge >= 0.3 is 0 Å². The number of hydrogen-bond acceptors (Lipinski definition) is 4. The van der Waals surface area contributed by atoms with Crippen molar-refractivity contribution in [2.24, 2.45) is 0 Å². The lowest BCUT2D eigenvalue weighted by Gasteiger charge is -2.37. The topological polar surface area (TPSA) is 53.0 Å². The van der Waals surface area contributed by atoms with E-state index in [1.165, 1.54) is 0 Å². The number of piperidine rings is 1. The summed E-state index contributed by atoms with van der Waals surface area (Å²) in [5.41, 5.74) is 1.05. The number of ether oxygens (including phenoxy) is 1. The molecule has 5 nitrogen and oxygen atoms in total. The second-order valence-corrected chi connectivity index (χ2v) is 6.38. The van der Waals surface area contributed by atoms with Gasteiger partial charge in [0.15, 0.2) is 0 Å². The van der Waals surface area contributed by atoms with Crippen molar-refractivity contribution in [2.45, 2.75) is 44.9 Å². The van der Waals surface area contributed by atoms with Gasteiger partial charge in [-0.15, -0.1) is 0 Å². The predicted octanol–water partition coefficient (Wildman–Crippen LogP) is 1.89. The van der Waals surface area contributed by atoms with Gasteiger partial charge in [0, 0.05) is 19.6 Å². The zero-order valence-corrected chi connectivity index (χ0v) is 14.4. The lowest BCUT2D eigenvalue weighted by atomic mass is 9.98. The molecule has 1 heterocycles. The van der Waals surface area contributed by atoms with Crippen molar-refractivity contribution < 1.29 is 14.6 Å². The van der Waals surface area contributed by atoms with Crippen molar-refractivity contribution in [2.75, 3.05) is 27.2 Å². The van der Waals surface area contributed by atoms with Crippen molar-refractivity contribution in [1.29, 1.82) is 0 Å². The van der Waals surface area contributed by atoms with Crippen molar-refractivity contribution in [3.63, 3.8) is 0 Å². The second-order valence-electron chi connectivity index (χ2n) is 6.38. The Labute approximate surface area is 138 Å². The summed E-state index contributed by atoms with van der Waals surface area (Å²) in [5.74, 6) is 0.883. The van der Waals surface area contributed by atoms with Gasteiger partial charge in [-0.1, -0.05) is 18.6 Å². The molecule has 0 aliphatic carbocycles. The molecule has 1 saturated heterocycles. The molecule has 5 heteroatoms. The number of aliphatic hydroxyl groups is 1. The highest BCUT2D eigenvalue weighted by molar-refractivity contribution is 5.78. The summed E-state index contributed by atoms with van der Waals surface area (Å²) in [7, 11) is 3.46. The van der Waals surface area contributed by atoms with E-state index in [2.05, 4.69) is 4.90 Å². The van der Waals surface area contributed by atoms with Crippen molar-refractivity contribution in [3.8, 4) is 5.75 Å². The molecule has 1 aliphatic heterocycles. The van der Waals surface area contributed by atoms with Gasteiger partial charge in [-0.3, -0.25) is 9.69 Å². The number of carbonyl (C=O) groups is 1. The number of nitrogens with zero attached hydrogens (tertiary/aromatic N) is 2. The Morgan fingerprint density at radius 2 is 2.26 bits per heavy atom. The molecule has 0 bridgehead atoms. The Kier molecular flexibility index (Phi) is 6.42. The highest BCUT2D eigenvalue weighted by Crippen LogP contribution is 2.20. The van der Waals surface area contributed by atoms with Crippen LogP contribution in [0.5, 0.6) is 5.75 Å². The normalized spacial score (nSPS) is 20.1. The van der Waals surface area contributed by atoms with E-state index in [0.29, 0.717) is 13.1 Å². The summed E-state index contributed by atoms with van der Waals surface area (Å²) < 4.78 is 5.22. The number of carbonyl (C=O) groups excluding carboxylic acids is 1. The van der Waals surface area contributed by atoms with E-state index < -0.39 is 6.10 Å². The molecule has 1 N–H and O–H groups in total. The largest absolute Gasteiger partial charge is 0.497 e. The van der Waals surface area contributed by atoms with E-state index in [1.807, 2.05) is 38.2 Å². The SMILES string of the molecule is COc1cccc(CN(C)C(=O)CN2CCCCC2C(C)O)c1. The number of likely N-dealkylation sites (tertiary alicyclic amines) is 1. The molecule has 0 aromatic heterocycles. The van der Waals surface area contributed by atoms with E-state index in [9.17, 15) is 9.90 Å². The second kappa shape index (κ2) is 8.31. The minimum atomic E-state index is -0.396. The molecule has 1 fully saturated rings. The zero-order chi connectivity index (χ0) is 16.8. The van der Waals surface area contributed by atoms with E-state index in [4.69, 9.17) is 4.74 Å². The molecule has 1 aromatic rings. The number of methoxy groups -OCH3 is 1. The van der Waals surface area contributed by atoms with Crippen molar-refractivity contribution in [3.05, 3.63) is 29.8 Å². The summed E-state index contributed by atoms with van der Waals surface area (Å²) >= 11 is 0. The first kappa shape index (κ1) is 17.8. The fourth-order valence-electron chi connectivity index (χ4n) is 3.19. The molecule has 1 aromatic carbocycles. The summed E-state index contributed by atoms with van der Waals surface area (Å²) in [6.45, 7) is 3.63. The minimum Gasteiger partial charge on any atom is -0.497 e. The number of amides is 1. The average molecular weight is 320 g/mol. The fourth-order valence-corrected chi connectivity index (χ4v) is 3.19. The summed E-state index contributed by atoms with van der Waals surface area (Å²) in [4.78, 5) is 16.4. The van der Waals surface area contributed by atoms with E-state index >= 15 is 0 Å². The number of rotatable bonds is 6. The molecule has 2 atom stereocenters.